The van der Waals surface area contributed by atoms with E-state index in [1.807, 2.05) is 6.92 Å². The zero-order chi connectivity index (χ0) is 16.9. The van der Waals surface area contributed by atoms with Crippen LogP contribution in [0, 0.1) is 6.92 Å². The molecule has 7 heteroatoms. The first-order valence-corrected chi connectivity index (χ1v) is 9.32. The van der Waals surface area contributed by atoms with E-state index in [1.165, 1.54) is 4.31 Å². The average Bonchev–Trinajstić information content (AvgIpc) is 3.04. The second-order valence-electron chi connectivity index (χ2n) is 5.68. The highest BCUT2D eigenvalue weighted by molar-refractivity contribution is 7.89. The highest BCUT2D eigenvalue weighted by Gasteiger charge is 2.25. The lowest BCUT2D eigenvalue weighted by molar-refractivity contribution is -0.121. The van der Waals surface area contributed by atoms with E-state index < -0.39 is 10.0 Å². The van der Waals surface area contributed by atoms with Gasteiger partial charge < -0.3 is 10.1 Å². The maximum absolute atomic E-state index is 12.6. The number of carbonyl (C=O) groups excluding carboxylic acids is 1. The number of rotatable bonds is 7. The van der Waals surface area contributed by atoms with Gasteiger partial charge in [0.25, 0.3) is 0 Å². The fourth-order valence-corrected chi connectivity index (χ4v) is 3.88. The van der Waals surface area contributed by atoms with Crippen LogP contribution in [-0.2, 0) is 19.6 Å². The highest BCUT2D eigenvalue weighted by Crippen LogP contribution is 2.16. The molecule has 1 aromatic carbocycles. The normalized spacial score (nSPS) is 18.3. The molecule has 128 valence electrons. The summed E-state index contributed by atoms with van der Waals surface area (Å²) in [4.78, 5) is 12.2. The van der Waals surface area contributed by atoms with Crippen LogP contribution < -0.4 is 5.32 Å². The first-order valence-electron chi connectivity index (χ1n) is 7.88. The van der Waals surface area contributed by atoms with Crippen LogP contribution in [0.5, 0.6) is 0 Å². The molecule has 1 heterocycles. The van der Waals surface area contributed by atoms with Crippen LogP contribution in [0.4, 0.5) is 0 Å². The first-order chi connectivity index (χ1) is 10.9. The molecule has 1 aromatic rings. The van der Waals surface area contributed by atoms with E-state index in [-0.39, 0.29) is 30.0 Å². The number of benzene rings is 1. The van der Waals surface area contributed by atoms with Crippen LogP contribution in [0.3, 0.4) is 0 Å². The zero-order valence-electron chi connectivity index (χ0n) is 13.6. The quantitative estimate of drug-likeness (QED) is 0.812. The lowest BCUT2D eigenvalue weighted by atomic mass is 10.2. The lowest BCUT2D eigenvalue weighted by Crippen LogP contribution is -2.42. The Morgan fingerprint density at radius 1 is 1.35 bits per heavy atom. The van der Waals surface area contributed by atoms with Gasteiger partial charge in [0.1, 0.15) is 0 Å². The summed E-state index contributed by atoms with van der Waals surface area (Å²) in [5.74, 6) is -0.307. The summed E-state index contributed by atoms with van der Waals surface area (Å²) in [5, 5.41) is 2.75. The van der Waals surface area contributed by atoms with Crippen molar-refractivity contribution in [2.75, 3.05) is 26.2 Å². The van der Waals surface area contributed by atoms with Crippen molar-refractivity contribution < 1.29 is 17.9 Å². The first kappa shape index (κ1) is 17.9. The number of carbonyl (C=O) groups is 1. The maximum Gasteiger partial charge on any atom is 0.243 e. The summed E-state index contributed by atoms with van der Waals surface area (Å²) in [6, 6.07) is 6.63. The molecule has 0 aliphatic carbocycles. The minimum atomic E-state index is -3.66. The molecule has 0 bridgehead atoms. The Hall–Kier alpha value is -1.44. The third kappa shape index (κ3) is 4.76. The van der Waals surface area contributed by atoms with Gasteiger partial charge in [-0.1, -0.05) is 24.6 Å². The summed E-state index contributed by atoms with van der Waals surface area (Å²) in [6.45, 7) is 4.83. The fourth-order valence-electron chi connectivity index (χ4n) is 2.48. The molecule has 1 atom stereocenters. The Bertz CT molecular complexity index is 622. The molecule has 0 unspecified atom stereocenters. The van der Waals surface area contributed by atoms with Crippen LogP contribution in [0.1, 0.15) is 25.3 Å². The van der Waals surface area contributed by atoms with E-state index in [2.05, 4.69) is 5.32 Å². The molecule has 0 aromatic heterocycles. The molecule has 23 heavy (non-hydrogen) atoms. The number of aryl methyl sites for hydroxylation is 1. The number of hydrogen-bond acceptors (Lipinski definition) is 4. The molecule has 0 spiro atoms. The van der Waals surface area contributed by atoms with Gasteiger partial charge in [-0.3, -0.25) is 4.79 Å². The number of hydrogen-bond donors (Lipinski definition) is 1. The van der Waals surface area contributed by atoms with Gasteiger partial charge in [0.05, 0.1) is 17.5 Å². The van der Waals surface area contributed by atoms with Crippen LogP contribution in [0.2, 0.25) is 0 Å². The van der Waals surface area contributed by atoms with E-state index in [0.29, 0.717) is 6.54 Å². The van der Waals surface area contributed by atoms with Gasteiger partial charge in [-0.25, -0.2) is 8.42 Å². The van der Waals surface area contributed by atoms with E-state index in [9.17, 15) is 13.2 Å². The molecular formula is C16H24N2O4S. The number of amides is 1. The Morgan fingerprint density at radius 3 is 2.61 bits per heavy atom. The van der Waals surface area contributed by atoms with Crippen molar-refractivity contribution in [2.45, 2.75) is 37.7 Å². The Labute approximate surface area is 137 Å². The highest BCUT2D eigenvalue weighted by atomic mass is 32.2. The van der Waals surface area contributed by atoms with Gasteiger partial charge in [-0.2, -0.15) is 4.31 Å². The molecule has 1 fully saturated rings. The summed E-state index contributed by atoms with van der Waals surface area (Å²) in [7, 11) is -3.66. The van der Waals surface area contributed by atoms with Crippen molar-refractivity contribution >= 4 is 15.9 Å². The van der Waals surface area contributed by atoms with Crippen LogP contribution in [-0.4, -0.2) is 51.0 Å². The second-order valence-corrected chi connectivity index (χ2v) is 7.62. The molecule has 0 radical (unpaired) electrons. The average molecular weight is 340 g/mol. The monoisotopic (exact) mass is 340 g/mol. The Morgan fingerprint density at radius 2 is 2.04 bits per heavy atom. The van der Waals surface area contributed by atoms with Gasteiger partial charge in [0, 0.05) is 19.7 Å². The molecule has 1 aliphatic rings. The van der Waals surface area contributed by atoms with Gasteiger partial charge in [0.15, 0.2) is 0 Å². The van der Waals surface area contributed by atoms with Crippen molar-refractivity contribution in [3.05, 3.63) is 29.8 Å². The molecule has 1 N–H and O–H groups in total. The molecule has 6 nitrogen and oxygen atoms in total. The maximum atomic E-state index is 12.6. The Balaban J connectivity index is 1.97. The van der Waals surface area contributed by atoms with E-state index in [1.54, 1.807) is 31.2 Å². The summed E-state index contributed by atoms with van der Waals surface area (Å²) in [5.41, 5.74) is 0.987. The van der Waals surface area contributed by atoms with Gasteiger partial charge >= 0.3 is 0 Å². The lowest BCUT2D eigenvalue weighted by Gasteiger charge is -2.20. The Kier molecular flexibility index (Phi) is 6.15. The van der Waals surface area contributed by atoms with Crippen LogP contribution >= 0.6 is 0 Å². The molecule has 0 saturated carbocycles. The third-order valence-electron chi connectivity index (χ3n) is 3.88. The van der Waals surface area contributed by atoms with E-state index in [4.69, 9.17) is 4.74 Å². The van der Waals surface area contributed by atoms with Crippen molar-refractivity contribution in [1.29, 1.82) is 0 Å². The van der Waals surface area contributed by atoms with Crippen molar-refractivity contribution in [1.82, 2.24) is 9.62 Å². The topological polar surface area (TPSA) is 75.7 Å². The van der Waals surface area contributed by atoms with Crippen molar-refractivity contribution in [2.24, 2.45) is 0 Å². The number of likely N-dealkylation sites (N-methyl/N-ethyl adjacent to an activating group) is 1. The van der Waals surface area contributed by atoms with Gasteiger partial charge in [-0.05, 0) is 31.9 Å². The predicted molar refractivity (Wildman–Crippen MR) is 87.6 cm³/mol. The standard InChI is InChI=1S/C16H24N2O4S/c1-3-18(12-16(19)17-11-14-5-4-10-22-14)23(20,21)15-8-6-13(2)7-9-15/h6-9,14H,3-5,10-12H2,1-2H3,(H,17,19)/t14-/m1/s1. The van der Waals surface area contributed by atoms with Crippen LogP contribution in [0.25, 0.3) is 0 Å². The van der Waals surface area contributed by atoms with Gasteiger partial charge in [-0.15, -0.1) is 0 Å². The van der Waals surface area contributed by atoms with Crippen molar-refractivity contribution in [3.63, 3.8) is 0 Å². The van der Waals surface area contributed by atoms with Crippen LogP contribution in [0.15, 0.2) is 29.2 Å². The number of sulfonamides is 1. The van der Waals surface area contributed by atoms with Gasteiger partial charge in [0.2, 0.25) is 15.9 Å². The molecular weight excluding hydrogens is 316 g/mol. The van der Waals surface area contributed by atoms with E-state index in [0.717, 1.165) is 25.0 Å². The summed E-state index contributed by atoms with van der Waals surface area (Å²) in [6.07, 6.45) is 1.98. The van der Waals surface area contributed by atoms with E-state index >= 15 is 0 Å². The zero-order valence-corrected chi connectivity index (χ0v) is 14.4. The smallest absolute Gasteiger partial charge is 0.243 e. The predicted octanol–water partition coefficient (Wildman–Crippen LogP) is 1.30. The number of nitrogens with one attached hydrogen (secondary N) is 1. The fraction of sp³-hybridized carbons (Fsp3) is 0.562. The number of ether oxygens (including phenoxy) is 1. The molecule has 1 aliphatic heterocycles. The minimum Gasteiger partial charge on any atom is -0.376 e. The van der Waals surface area contributed by atoms with Crippen molar-refractivity contribution in [3.8, 4) is 0 Å². The molecule has 1 amide bonds. The molecule has 1 saturated heterocycles. The largest absolute Gasteiger partial charge is 0.376 e. The number of nitrogens with zero attached hydrogens (tertiary/aromatic N) is 1. The minimum absolute atomic E-state index is 0.0442. The SMILES string of the molecule is CCN(CC(=O)NC[C@H]1CCCO1)S(=O)(=O)c1ccc(C)cc1. The third-order valence-corrected chi connectivity index (χ3v) is 5.82. The second kappa shape index (κ2) is 7.90. The summed E-state index contributed by atoms with van der Waals surface area (Å²) < 4.78 is 31.8. The molecule has 2 rings (SSSR count). The summed E-state index contributed by atoms with van der Waals surface area (Å²) >= 11 is 0.